The van der Waals surface area contributed by atoms with Gasteiger partial charge in [-0.25, -0.2) is 26.8 Å². The molecule has 12 nitrogen and oxygen atoms in total. The van der Waals surface area contributed by atoms with E-state index >= 15 is 0 Å². The fourth-order valence-corrected chi connectivity index (χ4v) is 7.42. The number of benzene rings is 3. The van der Waals surface area contributed by atoms with Crippen LogP contribution in [0.1, 0.15) is 75.2 Å². The van der Waals surface area contributed by atoms with E-state index in [1.807, 2.05) is 38.1 Å². The topological polar surface area (TPSA) is 164 Å². The van der Waals surface area contributed by atoms with Crippen LogP contribution < -0.4 is 14.6 Å². The van der Waals surface area contributed by atoms with E-state index in [9.17, 15) is 21.6 Å². The molecule has 2 aliphatic heterocycles. The highest BCUT2D eigenvalue weighted by molar-refractivity contribution is 7.92. The summed E-state index contributed by atoms with van der Waals surface area (Å²) in [5, 5.41) is 5.16. The SMILES string of the molecule is CC1(C)OCc2cc(C3CN(CCCCCCOCCCCc4cccc(S(=O)(=O)Nc5cccc(S(N)(=O)=O)c5)c4)C(=O)O3)ccc2O1. The summed E-state index contributed by atoms with van der Waals surface area (Å²) in [5.74, 6) is 0.147. The lowest BCUT2D eigenvalue weighted by atomic mass is 10.0. The number of ether oxygens (including phenoxy) is 4. The first-order chi connectivity index (χ1) is 23.3. The molecule has 1 fully saturated rings. The first-order valence-electron chi connectivity index (χ1n) is 16.5. The predicted octanol–water partition coefficient (Wildman–Crippen LogP) is 5.87. The van der Waals surface area contributed by atoms with Crippen molar-refractivity contribution in [1.29, 1.82) is 0 Å². The minimum Gasteiger partial charge on any atom is -0.463 e. The normalized spacial score (nSPS) is 17.3. The van der Waals surface area contributed by atoms with Crippen LogP contribution in [0.15, 0.2) is 76.5 Å². The first-order valence-corrected chi connectivity index (χ1v) is 19.6. The number of nitrogens with one attached hydrogen (secondary N) is 1. The number of cyclic esters (lactones) is 1. The summed E-state index contributed by atoms with van der Waals surface area (Å²) in [6.07, 6.45) is 5.64. The molecule has 3 N–H and O–H groups in total. The van der Waals surface area contributed by atoms with Gasteiger partial charge in [-0.15, -0.1) is 0 Å². The summed E-state index contributed by atoms with van der Waals surface area (Å²) < 4.78 is 74.5. The fraction of sp³-hybridized carbons (Fsp3) is 0.457. The lowest BCUT2D eigenvalue weighted by molar-refractivity contribution is -0.180. The molecule has 1 amide bonds. The van der Waals surface area contributed by atoms with Crippen LogP contribution in [0.3, 0.4) is 0 Å². The second-order valence-corrected chi connectivity index (χ2v) is 16.0. The number of carbonyl (C=O) groups excluding carboxylic acids is 1. The molecule has 3 aromatic rings. The predicted molar refractivity (Wildman–Crippen MR) is 184 cm³/mol. The van der Waals surface area contributed by atoms with Gasteiger partial charge in [-0.05, 0) is 85.7 Å². The van der Waals surface area contributed by atoms with Crippen molar-refractivity contribution in [1.82, 2.24) is 4.90 Å². The van der Waals surface area contributed by atoms with Crippen molar-refractivity contribution >= 4 is 31.8 Å². The Morgan fingerprint density at radius 3 is 2.43 bits per heavy atom. The number of nitrogens with two attached hydrogens (primary N) is 1. The summed E-state index contributed by atoms with van der Waals surface area (Å²) in [6.45, 7) is 6.70. The van der Waals surface area contributed by atoms with E-state index in [4.69, 9.17) is 24.1 Å². The van der Waals surface area contributed by atoms with E-state index < -0.39 is 25.8 Å². The average Bonchev–Trinajstić information content (AvgIpc) is 3.42. The number of amides is 1. The number of fused-ring (bicyclic) bond motifs is 1. The molecule has 0 radical (unpaired) electrons. The third kappa shape index (κ3) is 10.4. The largest absolute Gasteiger partial charge is 0.463 e. The smallest absolute Gasteiger partial charge is 0.410 e. The molecule has 0 bridgehead atoms. The Balaban J connectivity index is 0.929. The maximum atomic E-state index is 12.9. The van der Waals surface area contributed by atoms with Gasteiger partial charge in [0.05, 0.1) is 28.6 Å². The number of hydrogen-bond donors (Lipinski definition) is 2. The Morgan fingerprint density at radius 2 is 1.63 bits per heavy atom. The monoisotopic (exact) mass is 715 g/mol. The van der Waals surface area contributed by atoms with Crippen molar-refractivity contribution in [3.8, 4) is 5.75 Å². The van der Waals surface area contributed by atoms with E-state index in [-0.39, 0.29) is 27.7 Å². The lowest BCUT2D eigenvalue weighted by Crippen LogP contribution is -2.35. The molecule has 2 aliphatic rings. The molecule has 2 heterocycles. The molecule has 0 spiro atoms. The maximum absolute atomic E-state index is 12.9. The van der Waals surface area contributed by atoms with Crippen LogP contribution in [0.25, 0.3) is 0 Å². The molecule has 1 saturated heterocycles. The highest BCUT2D eigenvalue weighted by Crippen LogP contribution is 2.35. The van der Waals surface area contributed by atoms with Crippen molar-refractivity contribution < 1.29 is 40.6 Å². The molecular formula is C35H45N3O9S2. The van der Waals surface area contributed by atoms with Gasteiger partial charge in [-0.3, -0.25) is 4.72 Å². The number of unbranched alkanes of at least 4 members (excludes halogenated alkanes) is 4. The molecule has 3 aromatic carbocycles. The second-order valence-electron chi connectivity index (χ2n) is 12.8. The van der Waals surface area contributed by atoms with Crippen LogP contribution in [0, 0.1) is 0 Å². The van der Waals surface area contributed by atoms with Gasteiger partial charge in [0, 0.05) is 39.2 Å². The van der Waals surface area contributed by atoms with E-state index in [1.165, 1.54) is 30.3 Å². The van der Waals surface area contributed by atoms with E-state index in [0.717, 1.165) is 61.0 Å². The summed E-state index contributed by atoms with van der Waals surface area (Å²) >= 11 is 0. The number of anilines is 1. The maximum Gasteiger partial charge on any atom is 0.410 e. The highest BCUT2D eigenvalue weighted by atomic mass is 32.2. The number of hydrogen-bond acceptors (Lipinski definition) is 9. The molecule has 1 unspecified atom stereocenters. The van der Waals surface area contributed by atoms with Crippen LogP contribution in [-0.2, 0) is 47.3 Å². The van der Waals surface area contributed by atoms with Gasteiger partial charge in [0.15, 0.2) is 0 Å². The zero-order valence-corrected chi connectivity index (χ0v) is 29.6. The summed E-state index contributed by atoms with van der Waals surface area (Å²) in [5.41, 5.74) is 2.89. The molecule has 266 valence electrons. The fourth-order valence-electron chi connectivity index (χ4n) is 5.74. The van der Waals surface area contributed by atoms with E-state index in [2.05, 4.69) is 4.72 Å². The second kappa shape index (κ2) is 15.9. The third-order valence-corrected chi connectivity index (χ3v) is 10.7. The number of primary sulfonamides is 1. The molecule has 0 aliphatic carbocycles. The minimum atomic E-state index is -3.96. The van der Waals surface area contributed by atoms with E-state index in [1.54, 1.807) is 17.0 Å². The van der Waals surface area contributed by atoms with Crippen LogP contribution in [0.2, 0.25) is 0 Å². The Kier molecular flexibility index (Phi) is 11.9. The van der Waals surface area contributed by atoms with Gasteiger partial charge in [0.1, 0.15) is 11.9 Å². The Morgan fingerprint density at radius 1 is 0.898 bits per heavy atom. The summed E-state index contributed by atoms with van der Waals surface area (Å²) in [7, 11) is -7.88. The zero-order valence-electron chi connectivity index (χ0n) is 27.9. The Hall–Kier alpha value is -3.69. The lowest BCUT2D eigenvalue weighted by Gasteiger charge is -2.32. The Bertz CT molecular complexity index is 1830. The average molecular weight is 716 g/mol. The highest BCUT2D eigenvalue weighted by Gasteiger charge is 2.33. The standard InChI is InChI=1S/C35H45N3O9S2/c1-35(2)45-25-28-22-27(16-17-32(28)47-35)33-24-38(34(39)46-33)18-6-3-4-7-19-44-20-8-5-11-26-12-9-15-31(21-26)49(42,43)37-29-13-10-14-30(23-29)48(36,40)41/h9-10,12-17,21-23,33,37H,3-8,11,18-20,24-25H2,1-2H3,(H2,36,40,41). The van der Waals surface area contributed by atoms with Crippen molar-refractivity contribution in [3.05, 3.63) is 83.4 Å². The van der Waals surface area contributed by atoms with Crippen molar-refractivity contribution in [2.75, 3.05) is 31.0 Å². The van der Waals surface area contributed by atoms with Gasteiger partial charge < -0.3 is 23.8 Å². The van der Waals surface area contributed by atoms with Crippen LogP contribution in [0.4, 0.5) is 10.5 Å². The quantitative estimate of drug-likeness (QED) is 0.163. The number of rotatable bonds is 17. The van der Waals surface area contributed by atoms with Crippen LogP contribution in [-0.4, -0.2) is 59.9 Å². The van der Waals surface area contributed by atoms with Crippen LogP contribution >= 0.6 is 0 Å². The van der Waals surface area contributed by atoms with Crippen molar-refractivity contribution in [3.63, 3.8) is 0 Å². The van der Waals surface area contributed by atoms with Gasteiger partial charge in [0.25, 0.3) is 10.0 Å². The summed E-state index contributed by atoms with van der Waals surface area (Å²) in [4.78, 5) is 14.1. The number of aryl methyl sites for hydroxylation is 1. The van der Waals surface area contributed by atoms with E-state index in [0.29, 0.717) is 39.3 Å². The molecule has 1 atom stereocenters. The molecule has 0 aromatic heterocycles. The Labute approximate surface area is 289 Å². The van der Waals surface area contributed by atoms with Gasteiger partial charge in [0.2, 0.25) is 15.8 Å². The summed E-state index contributed by atoms with van der Waals surface area (Å²) in [6, 6.07) is 17.9. The molecule has 5 rings (SSSR count). The minimum absolute atomic E-state index is 0.0911. The number of sulfonamides is 2. The third-order valence-electron chi connectivity index (χ3n) is 8.37. The molecular weight excluding hydrogens is 671 g/mol. The van der Waals surface area contributed by atoms with Gasteiger partial charge in [-0.1, -0.05) is 37.1 Å². The van der Waals surface area contributed by atoms with Gasteiger partial charge >= 0.3 is 6.09 Å². The van der Waals surface area contributed by atoms with Crippen molar-refractivity contribution in [2.45, 2.75) is 87.1 Å². The van der Waals surface area contributed by atoms with Crippen LogP contribution in [0.5, 0.6) is 5.75 Å². The molecule has 14 heteroatoms. The van der Waals surface area contributed by atoms with Crippen molar-refractivity contribution in [2.24, 2.45) is 5.14 Å². The first kappa shape index (κ1) is 36.6. The molecule has 49 heavy (non-hydrogen) atoms. The number of nitrogens with zero attached hydrogens (tertiary/aromatic N) is 1. The number of carbonyl (C=O) groups is 1. The zero-order chi connectivity index (χ0) is 35.1. The molecule has 0 saturated carbocycles. The van der Waals surface area contributed by atoms with Gasteiger partial charge in [-0.2, -0.15) is 0 Å².